The molecule has 0 fully saturated rings. The highest BCUT2D eigenvalue weighted by molar-refractivity contribution is 6.30. The van der Waals surface area contributed by atoms with Crippen molar-refractivity contribution in [2.24, 2.45) is 0 Å². The van der Waals surface area contributed by atoms with Crippen LogP contribution in [0.5, 0.6) is 0 Å². The third-order valence-corrected chi connectivity index (χ3v) is 0.920. The van der Waals surface area contributed by atoms with Crippen LogP contribution in [0.1, 0.15) is 0 Å². The molecule has 1 amide bonds. The van der Waals surface area contributed by atoms with Crippen LogP contribution in [0.3, 0.4) is 0 Å². The summed E-state index contributed by atoms with van der Waals surface area (Å²) in [5.74, 6) is 0.627. The summed E-state index contributed by atoms with van der Waals surface area (Å²) < 4.78 is 0. The first-order valence-corrected chi connectivity index (χ1v) is 2.55. The van der Waals surface area contributed by atoms with Crippen LogP contribution in [0.15, 0.2) is 6.07 Å². The van der Waals surface area contributed by atoms with Gasteiger partial charge in [-0.2, -0.15) is 5.10 Å². The predicted molar refractivity (Wildman–Crippen MR) is 36.5 cm³/mol. The smallest absolute Gasteiger partial charge is 0.212 e. The fraction of sp³-hybridized carbons (Fsp3) is 0. The molecule has 5 heteroatoms. The molecule has 0 unspecified atom stereocenters. The zero-order valence-electron chi connectivity index (χ0n) is 5.01. The normalized spacial score (nSPS) is 8.89. The fourth-order valence-corrected chi connectivity index (χ4v) is 0.559. The number of hydrogen-bond donors (Lipinski definition) is 2. The van der Waals surface area contributed by atoms with Gasteiger partial charge < -0.3 is 5.32 Å². The molecular formula is C4H6BN3O. The minimum Gasteiger partial charge on any atom is -0.314 e. The molecule has 0 aromatic carbocycles. The van der Waals surface area contributed by atoms with Gasteiger partial charge in [-0.1, -0.05) is 0 Å². The van der Waals surface area contributed by atoms with E-state index in [4.69, 9.17) is 0 Å². The average Bonchev–Trinajstić information content (AvgIpc) is 2.17. The van der Waals surface area contributed by atoms with E-state index in [1.165, 1.54) is 0 Å². The van der Waals surface area contributed by atoms with Gasteiger partial charge in [-0.3, -0.25) is 9.89 Å². The monoisotopic (exact) mass is 123 g/mol. The zero-order valence-corrected chi connectivity index (χ0v) is 5.01. The molecular weight excluding hydrogens is 117 g/mol. The van der Waals surface area contributed by atoms with E-state index < -0.39 is 0 Å². The first-order valence-electron chi connectivity index (χ1n) is 2.55. The van der Waals surface area contributed by atoms with Crippen LogP contribution in [-0.2, 0) is 4.79 Å². The van der Waals surface area contributed by atoms with Crippen molar-refractivity contribution in [3.05, 3.63) is 6.07 Å². The van der Waals surface area contributed by atoms with Gasteiger partial charge in [-0.05, 0) is 6.07 Å². The zero-order chi connectivity index (χ0) is 6.69. The number of hydrogen-bond acceptors (Lipinski definition) is 2. The second-order valence-electron chi connectivity index (χ2n) is 1.69. The summed E-state index contributed by atoms with van der Waals surface area (Å²) in [7, 11) is 1.84. The van der Waals surface area contributed by atoms with E-state index in [1.807, 2.05) is 7.85 Å². The quantitative estimate of drug-likeness (QED) is 0.361. The van der Waals surface area contributed by atoms with Crippen molar-refractivity contribution in [3.8, 4) is 0 Å². The third kappa shape index (κ3) is 1.32. The Bertz CT molecular complexity index is 209. The van der Waals surface area contributed by atoms with Crippen LogP contribution in [0.4, 0.5) is 5.82 Å². The summed E-state index contributed by atoms with van der Waals surface area (Å²) in [6.45, 7) is 0. The molecule has 0 saturated carbocycles. The molecule has 0 atom stereocenters. The number of aromatic nitrogens is 2. The summed E-state index contributed by atoms with van der Waals surface area (Å²) in [6.07, 6.45) is 0.604. The molecule has 2 N–H and O–H groups in total. The summed E-state index contributed by atoms with van der Waals surface area (Å²) >= 11 is 0. The van der Waals surface area contributed by atoms with Crippen molar-refractivity contribution < 1.29 is 4.79 Å². The first kappa shape index (κ1) is 5.87. The Morgan fingerprint density at radius 3 is 3.11 bits per heavy atom. The molecule has 46 valence electrons. The molecule has 0 aliphatic carbocycles. The third-order valence-electron chi connectivity index (χ3n) is 0.920. The molecule has 1 aromatic heterocycles. The van der Waals surface area contributed by atoms with E-state index in [9.17, 15) is 4.79 Å². The first-order chi connectivity index (χ1) is 4.33. The van der Waals surface area contributed by atoms with Gasteiger partial charge in [-0.15, -0.1) is 0 Å². The van der Waals surface area contributed by atoms with Gasteiger partial charge in [0.25, 0.3) is 0 Å². The highest BCUT2D eigenvalue weighted by atomic mass is 16.1. The van der Waals surface area contributed by atoms with Crippen LogP contribution in [0, 0.1) is 0 Å². The second kappa shape index (κ2) is 2.34. The number of carbonyl (C=O) groups excluding carboxylic acids is 1. The molecule has 0 aliphatic heterocycles. The van der Waals surface area contributed by atoms with Crippen LogP contribution < -0.4 is 10.9 Å². The lowest BCUT2D eigenvalue weighted by atomic mass is 10.1. The minimum atomic E-state index is 0.604. The van der Waals surface area contributed by atoms with Crippen molar-refractivity contribution in [2.45, 2.75) is 0 Å². The fourth-order valence-electron chi connectivity index (χ4n) is 0.559. The van der Waals surface area contributed by atoms with Crippen molar-refractivity contribution in [1.82, 2.24) is 10.2 Å². The lowest BCUT2D eigenvalue weighted by molar-refractivity contribution is -0.105. The van der Waals surface area contributed by atoms with Gasteiger partial charge in [0, 0.05) is 5.59 Å². The maximum absolute atomic E-state index is 9.82. The molecule has 0 saturated heterocycles. The average molecular weight is 123 g/mol. The van der Waals surface area contributed by atoms with Crippen molar-refractivity contribution >= 4 is 25.7 Å². The van der Waals surface area contributed by atoms with Crippen LogP contribution >= 0.6 is 0 Å². The van der Waals surface area contributed by atoms with E-state index in [0.29, 0.717) is 12.2 Å². The van der Waals surface area contributed by atoms with Gasteiger partial charge in [-0.25, -0.2) is 0 Å². The van der Waals surface area contributed by atoms with Gasteiger partial charge in [0.05, 0.1) is 0 Å². The van der Waals surface area contributed by atoms with E-state index in [0.717, 1.165) is 5.59 Å². The number of nitrogens with one attached hydrogen (secondary N) is 2. The Kier molecular flexibility index (Phi) is 1.53. The number of anilines is 1. The lowest BCUT2D eigenvalue weighted by Crippen LogP contribution is -2.00. The van der Waals surface area contributed by atoms with Gasteiger partial charge >= 0.3 is 0 Å². The van der Waals surface area contributed by atoms with Gasteiger partial charge in [0.1, 0.15) is 5.82 Å². The predicted octanol–water partition coefficient (Wildman–Crippen LogP) is -1.76. The van der Waals surface area contributed by atoms with Crippen molar-refractivity contribution in [1.29, 1.82) is 0 Å². The SMILES string of the molecule is Bc1cc(NC=O)[nH]n1. The van der Waals surface area contributed by atoms with Crippen LogP contribution in [0.25, 0.3) is 0 Å². The highest BCUT2D eigenvalue weighted by Crippen LogP contribution is 1.91. The Labute approximate surface area is 53.1 Å². The molecule has 1 heterocycles. The number of aromatic amines is 1. The number of rotatable bonds is 2. The van der Waals surface area contributed by atoms with Gasteiger partial charge in [0.15, 0.2) is 7.85 Å². The number of amides is 1. The van der Waals surface area contributed by atoms with E-state index in [-0.39, 0.29) is 0 Å². The number of carbonyl (C=O) groups is 1. The molecule has 0 aliphatic rings. The summed E-state index contributed by atoms with van der Waals surface area (Å²) in [5.41, 5.74) is 0.861. The minimum absolute atomic E-state index is 0.604. The number of H-pyrrole nitrogens is 1. The second-order valence-corrected chi connectivity index (χ2v) is 1.69. The standard InChI is InChI=1S/C4H6BN3O/c5-3-1-4(6-2-9)8-7-3/h1-2H,5H2,(H2,6,7,8,9). The topological polar surface area (TPSA) is 57.8 Å². The van der Waals surface area contributed by atoms with Crippen molar-refractivity contribution in [2.75, 3.05) is 5.32 Å². The van der Waals surface area contributed by atoms with Crippen LogP contribution in [-0.4, -0.2) is 24.5 Å². The van der Waals surface area contributed by atoms with E-state index in [1.54, 1.807) is 6.07 Å². The molecule has 1 aromatic rings. The molecule has 1 rings (SSSR count). The molecule has 4 nitrogen and oxygen atoms in total. The largest absolute Gasteiger partial charge is 0.314 e. The van der Waals surface area contributed by atoms with Crippen molar-refractivity contribution in [3.63, 3.8) is 0 Å². The molecule has 0 radical (unpaired) electrons. The highest BCUT2D eigenvalue weighted by Gasteiger charge is 1.91. The maximum atomic E-state index is 9.82. The van der Waals surface area contributed by atoms with Crippen LogP contribution in [0.2, 0.25) is 0 Å². The summed E-state index contributed by atoms with van der Waals surface area (Å²) in [6, 6.07) is 1.74. The van der Waals surface area contributed by atoms with E-state index >= 15 is 0 Å². The Morgan fingerprint density at radius 2 is 2.67 bits per heavy atom. The summed E-state index contributed by atoms with van der Waals surface area (Å²) in [5, 5.41) is 8.83. The Balaban J connectivity index is 2.72. The van der Waals surface area contributed by atoms with Gasteiger partial charge in [0.2, 0.25) is 6.41 Å². The maximum Gasteiger partial charge on any atom is 0.212 e. The lowest BCUT2D eigenvalue weighted by Gasteiger charge is -1.85. The summed E-state index contributed by atoms with van der Waals surface area (Å²) in [4.78, 5) is 9.82. The molecule has 0 bridgehead atoms. The molecule has 9 heavy (non-hydrogen) atoms. The van der Waals surface area contributed by atoms with E-state index in [2.05, 4.69) is 15.5 Å². The number of nitrogens with zero attached hydrogens (tertiary/aromatic N) is 1. The molecule has 0 spiro atoms. The Morgan fingerprint density at radius 1 is 1.89 bits per heavy atom. The Hall–Kier alpha value is -1.26.